The number of fused-ring (bicyclic) bond motifs is 1. The minimum atomic E-state index is -1.34. The molecule has 3 aromatic carbocycles. The van der Waals surface area contributed by atoms with E-state index < -0.39 is 8.07 Å². The van der Waals surface area contributed by atoms with Crippen LogP contribution in [0.4, 0.5) is 0 Å². The third-order valence-corrected chi connectivity index (χ3v) is 8.61. The molecule has 0 aliphatic carbocycles. The number of rotatable bonds is 6. The maximum atomic E-state index is 6.68. The number of halogens is 1. The second-order valence-corrected chi connectivity index (χ2v) is 14.7. The van der Waals surface area contributed by atoms with Crippen molar-refractivity contribution < 1.29 is 4.74 Å². The van der Waals surface area contributed by atoms with E-state index in [0.717, 1.165) is 27.2 Å². The van der Waals surface area contributed by atoms with E-state index >= 15 is 0 Å². The van der Waals surface area contributed by atoms with Gasteiger partial charge < -0.3 is 9.30 Å². The lowest BCUT2D eigenvalue weighted by atomic mass is 10.00. The fourth-order valence-electron chi connectivity index (χ4n) is 3.32. The van der Waals surface area contributed by atoms with Gasteiger partial charge in [0.2, 0.25) is 0 Å². The molecule has 0 aliphatic rings. The standard InChI is InChI=1S/C25H27ClN2OSi/c1-18(30(2,3)4)29-17-28-16-27-24-14-22(23(26)15-25(24)28)21-12-10-20(11-13-21)19-8-6-5-7-9-19/h5-16,18H,17H2,1-4H3. The molecule has 1 unspecified atom stereocenters. The third kappa shape index (κ3) is 4.36. The molecule has 0 spiro atoms. The Morgan fingerprint density at radius 3 is 2.23 bits per heavy atom. The van der Waals surface area contributed by atoms with Gasteiger partial charge >= 0.3 is 0 Å². The van der Waals surface area contributed by atoms with Gasteiger partial charge in [-0.3, -0.25) is 0 Å². The highest BCUT2D eigenvalue weighted by molar-refractivity contribution is 6.77. The predicted octanol–water partition coefficient (Wildman–Crippen LogP) is 7.26. The molecule has 4 aromatic rings. The number of ether oxygens (including phenoxy) is 1. The van der Waals surface area contributed by atoms with Crippen LogP contribution < -0.4 is 0 Å². The smallest absolute Gasteiger partial charge is 0.124 e. The molecule has 0 saturated carbocycles. The normalized spacial score (nSPS) is 13.0. The highest BCUT2D eigenvalue weighted by Crippen LogP contribution is 2.33. The topological polar surface area (TPSA) is 27.1 Å². The Hall–Kier alpha value is -2.40. The monoisotopic (exact) mass is 434 g/mol. The zero-order valence-corrected chi connectivity index (χ0v) is 19.6. The lowest BCUT2D eigenvalue weighted by molar-refractivity contribution is 0.0589. The summed E-state index contributed by atoms with van der Waals surface area (Å²) in [4.78, 5) is 4.59. The van der Waals surface area contributed by atoms with E-state index in [1.54, 1.807) is 0 Å². The van der Waals surface area contributed by atoms with Crippen molar-refractivity contribution in [1.82, 2.24) is 9.55 Å². The Bertz CT molecular complexity index is 1150. The van der Waals surface area contributed by atoms with Crippen molar-refractivity contribution >= 4 is 30.7 Å². The van der Waals surface area contributed by atoms with Crippen molar-refractivity contribution in [3.63, 3.8) is 0 Å². The molecule has 1 heterocycles. The highest BCUT2D eigenvalue weighted by Gasteiger charge is 2.23. The van der Waals surface area contributed by atoms with Gasteiger partial charge in [0.25, 0.3) is 0 Å². The summed E-state index contributed by atoms with van der Waals surface area (Å²) in [5, 5.41) is 0.718. The van der Waals surface area contributed by atoms with Gasteiger partial charge in [0.15, 0.2) is 0 Å². The number of nitrogens with zero attached hydrogens (tertiary/aromatic N) is 2. The van der Waals surface area contributed by atoms with Crippen LogP contribution in [-0.2, 0) is 11.5 Å². The number of imidazole rings is 1. The predicted molar refractivity (Wildman–Crippen MR) is 130 cm³/mol. The molecule has 4 rings (SSSR count). The summed E-state index contributed by atoms with van der Waals surface area (Å²) in [6.45, 7) is 9.60. The Labute approximate surface area is 184 Å². The molecule has 0 bridgehead atoms. The van der Waals surface area contributed by atoms with E-state index in [1.807, 2.05) is 23.0 Å². The summed E-state index contributed by atoms with van der Waals surface area (Å²) in [6.07, 6.45) is 1.83. The molecule has 0 fully saturated rings. The van der Waals surface area contributed by atoms with E-state index in [9.17, 15) is 0 Å². The third-order valence-electron chi connectivity index (χ3n) is 5.70. The zero-order valence-electron chi connectivity index (χ0n) is 17.9. The first-order valence-corrected chi connectivity index (χ1v) is 14.2. The van der Waals surface area contributed by atoms with Crippen LogP contribution in [0.3, 0.4) is 0 Å². The minimum absolute atomic E-state index is 0.271. The van der Waals surface area contributed by atoms with Crippen molar-refractivity contribution in [3.05, 3.63) is 78.1 Å². The van der Waals surface area contributed by atoms with Crippen LogP contribution in [0.25, 0.3) is 33.3 Å². The van der Waals surface area contributed by atoms with E-state index in [-0.39, 0.29) is 5.73 Å². The van der Waals surface area contributed by atoms with Crippen LogP contribution in [0.15, 0.2) is 73.1 Å². The number of benzene rings is 3. The summed E-state index contributed by atoms with van der Waals surface area (Å²) in [5.74, 6) is 0. The second-order valence-electron chi connectivity index (χ2n) is 8.78. The van der Waals surface area contributed by atoms with Gasteiger partial charge in [-0.05, 0) is 35.7 Å². The van der Waals surface area contributed by atoms with Gasteiger partial charge in [-0.15, -0.1) is 0 Å². The maximum absolute atomic E-state index is 6.68. The minimum Gasteiger partial charge on any atom is -0.361 e. The van der Waals surface area contributed by atoms with Crippen molar-refractivity contribution in [2.24, 2.45) is 0 Å². The lowest BCUT2D eigenvalue weighted by Gasteiger charge is -2.25. The van der Waals surface area contributed by atoms with Crippen molar-refractivity contribution in [1.29, 1.82) is 0 Å². The van der Waals surface area contributed by atoms with Gasteiger partial charge in [-0.2, -0.15) is 0 Å². The molecule has 1 aromatic heterocycles. The summed E-state index contributed by atoms with van der Waals surface area (Å²) in [6, 6.07) is 22.9. The summed E-state index contributed by atoms with van der Waals surface area (Å²) in [5.41, 5.74) is 6.66. The van der Waals surface area contributed by atoms with Gasteiger partial charge in [-0.25, -0.2) is 4.98 Å². The van der Waals surface area contributed by atoms with Crippen LogP contribution in [0, 0.1) is 0 Å². The van der Waals surface area contributed by atoms with E-state index in [0.29, 0.717) is 6.73 Å². The SMILES string of the molecule is CC(OCn1cnc2cc(-c3ccc(-c4ccccc4)cc3)c(Cl)cc21)[Si](C)(C)C. The highest BCUT2D eigenvalue weighted by atomic mass is 35.5. The Balaban J connectivity index is 1.60. The summed E-state index contributed by atoms with van der Waals surface area (Å²) in [7, 11) is -1.34. The largest absolute Gasteiger partial charge is 0.361 e. The fourth-order valence-corrected chi connectivity index (χ4v) is 4.16. The van der Waals surface area contributed by atoms with Crippen LogP contribution >= 0.6 is 11.6 Å². The van der Waals surface area contributed by atoms with Gasteiger partial charge in [-0.1, -0.05) is 85.8 Å². The first kappa shape index (κ1) is 20.9. The van der Waals surface area contributed by atoms with Gasteiger partial charge in [0, 0.05) is 11.3 Å². The molecular weight excluding hydrogens is 408 g/mol. The number of hydrogen-bond donors (Lipinski definition) is 0. The molecule has 0 aliphatic heterocycles. The van der Waals surface area contributed by atoms with Gasteiger partial charge in [0.1, 0.15) is 6.73 Å². The van der Waals surface area contributed by atoms with Crippen LogP contribution in [0.1, 0.15) is 6.92 Å². The van der Waals surface area contributed by atoms with Crippen LogP contribution in [0.2, 0.25) is 24.7 Å². The quantitative estimate of drug-likeness (QED) is 0.298. The first-order chi connectivity index (χ1) is 14.3. The van der Waals surface area contributed by atoms with Crippen molar-refractivity contribution in [2.45, 2.75) is 39.0 Å². The molecule has 0 radical (unpaired) electrons. The average molecular weight is 435 g/mol. The fraction of sp³-hybridized carbons (Fsp3) is 0.240. The Morgan fingerprint density at radius 1 is 0.933 bits per heavy atom. The van der Waals surface area contributed by atoms with Crippen LogP contribution in [0.5, 0.6) is 0 Å². The molecule has 0 saturated heterocycles. The molecule has 5 heteroatoms. The molecule has 0 amide bonds. The van der Waals surface area contributed by atoms with Crippen molar-refractivity contribution in [3.8, 4) is 22.3 Å². The molecular formula is C25H27ClN2OSi. The second kappa shape index (κ2) is 8.38. The van der Waals surface area contributed by atoms with E-state index in [2.05, 4.69) is 86.1 Å². The molecule has 3 nitrogen and oxygen atoms in total. The molecule has 1 atom stereocenters. The molecule has 154 valence electrons. The summed E-state index contributed by atoms with van der Waals surface area (Å²) >= 11 is 6.68. The van der Waals surface area contributed by atoms with Gasteiger partial charge in [0.05, 0.1) is 30.5 Å². The zero-order chi connectivity index (χ0) is 21.3. The Kier molecular flexibility index (Phi) is 5.83. The molecule has 0 N–H and O–H groups in total. The number of hydrogen-bond acceptors (Lipinski definition) is 2. The maximum Gasteiger partial charge on any atom is 0.124 e. The summed E-state index contributed by atoms with van der Waals surface area (Å²) < 4.78 is 8.14. The van der Waals surface area contributed by atoms with Crippen molar-refractivity contribution in [2.75, 3.05) is 0 Å². The first-order valence-electron chi connectivity index (χ1n) is 10.2. The lowest BCUT2D eigenvalue weighted by Crippen LogP contribution is -2.38. The van der Waals surface area contributed by atoms with E-state index in [4.69, 9.17) is 16.3 Å². The molecule has 30 heavy (non-hydrogen) atoms. The number of aromatic nitrogens is 2. The Morgan fingerprint density at radius 2 is 1.57 bits per heavy atom. The van der Waals surface area contributed by atoms with Crippen LogP contribution in [-0.4, -0.2) is 23.4 Å². The average Bonchev–Trinajstić information content (AvgIpc) is 3.13. The van der Waals surface area contributed by atoms with E-state index in [1.165, 1.54) is 11.1 Å².